The van der Waals surface area contributed by atoms with E-state index in [0.717, 1.165) is 11.8 Å². The van der Waals surface area contributed by atoms with Crippen LogP contribution < -0.4 is 0 Å². The average Bonchev–Trinajstić information content (AvgIpc) is 4.10. The molecular weight excluding hydrogens is 896 g/mol. The van der Waals surface area contributed by atoms with Crippen LogP contribution in [0.4, 0.5) is 13.2 Å². The fraction of sp³-hybridized carbons (Fsp3) is 0.259. The first-order chi connectivity index (χ1) is 28.3. The number of rotatable bonds is 6. The molecule has 8 aromatic rings. The van der Waals surface area contributed by atoms with Crippen LogP contribution in [0.5, 0.6) is 0 Å². The van der Waals surface area contributed by atoms with E-state index >= 15 is 0 Å². The first kappa shape index (κ1) is 50.2. The van der Waals surface area contributed by atoms with E-state index in [1.165, 1.54) is 164 Å². The summed E-state index contributed by atoms with van der Waals surface area (Å²) in [5.41, 5.74) is 8.48. The van der Waals surface area contributed by atoms with Crippen LogP contribution >= 0.6 is 24.8 Å². The molecule has 318 valence electrons. The van der Waals surface area contributed by atoms with Gasteiger partial charge in [-0.25, -0.2) is 0 Å². The van der Waals surface area contributed by atoms with Crippen LogP contribution in [0.2, 0.25) is 0 Å². The van der Waals surface area contributed by atoms with Gasteiger partial charge in [0.1, 0.15) is 0 Å². The van der Waals surface area contributed by atoms with Gasteiger partial charge in [-0.2, -0.15) is 25.3 Å². The SMILES string of the molecule is Cl.Cl.[CH2-]CC(F)(F)F.[CH3-].[Si]=[Zr].c1ccc2c(-c3cccc4[cH-]c(CC5CCCC5)cc34)cccc2c1.c1ccc2c(-c3cccc4[cH-]c(CC5CCCC5)cc34)cccc2c1. The van der Waals surface area contributed by atoms with Crippen molar-refractivity contribution in [1.82, 2.24) is 0 Å². The van der Waals surface area contributed by atoms with E-state index in [-0.39, 0.29) is 32.2 Å². The van der Waals surface area contributed by atoms with Crippen molar-refractivity contribution in [2.75, 3.05) is 0 Å². The maximum Gasteiger partial charge on any atom is -0.0114 e. The van der Waals surface area contributed by atoms with Crippen molar-refractivity contribution in [2.24, 2.45) is 11.8 Å². The van der Waals surface area contributed by atoms with E-state index < -0.39 is 12.6 Å². The molecule has 2 saturated carbocycles. The van der Waals surface area contributed by atoms with Gasteiger partial charge in [0.05, 0.1) is 0 Å². The number of halogens is 5. The topological polar surface area (TPSA) is 0 Å². The van der Waals surface area contributed by atoms with Crippen LogP contribution in [0.3, 0.4) is 0 Å². The third-order valence-corrected chi connectivity index (χ3v) is 12.1. The van der Waals surface area contributed by atoms with Gasteiger partial charge in [-0.15, -0.1) is 93.9 Å². The van der Waals surface area contributed by atoms with Gasteiger partial charge in [0, 0.05) is 0 Å². The molecule has 7 heteroatoms. The largest absolute Gasteiger partial charge is 0.164 e. The number of alkyl halides is 3. The summed E-state index contributed by atoms with van der Waals surface area (Å²) in [6.45, 7) is 5.69. The van der Waals surface area contributed by atoms with Crippen molar-refractivity contribution < 1.29 is 36.5 Å². The number of fused-ring (bicyclic) bond motifs is 4. The van der Waals surface area contributed by atoms with Crippen molar-refractivity contribution >= 4 is 74.8 Å². The quantitative estimate of drug-likeness (QED) is 0.115. The van der Waals surface area contributed by atoms with E-state index in [4.69, 9.17) is 0 Å². The van der Waals surface area contributed by atoms with Crippen molar-refractivity contribution in [3.8, 4) is 22.3 Å². The van der Waals surface area contributed by atoms with Crippen LogP contribution in [0, 0.1) is 26.2 Å². The third kappa shape index (κ3) is 12.6. The summed E-state index contributed by atoms with van der Waals surface area (Å²) < 4.78 is 32.2. The maximum absolute atomic E-state index is 10.7. The fourth-order valence-electron chi connectivity index (χ4n) is 9.32. The molecule has 8 aromatic carbocycles. The molecule has 2 aliphatic rings. The molecule has 61 heavy (non-hydrogen) atoms. The van der Waals surface area contributed by atoms with E-state index in [0.29, 0.717) is 0 Å². The van der Waals surface area contributed by atoms with Crippen LogP contribution in [-0.2, 0) is 36.2 Å². The molecule has 10 rings (SSSR count). The molecule has 0 N–H and O–H groups in total. The number of benzene rings is 6. The first-order valence-electron chi connectivity index (χ1n) is 20.8. The summed E-state index contributed by atoms with van der Waals surface area (Å²) in [7, 11) is 0. The number of hydrogen-bond acceptors (Lipinski definition) is 0. The van der Waals surface area contributed by atoms with Crippen molar-refractivity contribution in [1.29, 1.82) is 0 Å². The van der Waals surface area contributed by atoms with Crippen LogP contribution in [-0.4, -0.2) is 13.1 Å². The average molecular weight is 951 g/mol. The van der Waals surface area contributed by atoms with E-state index in [1.54, 1.807) is 0 Å². The van der Waals surface area contributed by atoms with E-state index in [2.05, 4.69) is 159 Å². The van der Waals surface area contributed by atoms with E-state index in [9.17, 15) is 13.2 Å². The molecule has 0 atom stereocenters. The summed E-state index contributed by atoms with van der Waals surface area (Å²) in [5, 5.41) is 10.9. The van der Waals surface area contributed by atoms with Crippen molar-refractivity contribution in [3.63, 3.8) is 0 Å². The van der Waals surface area contributed by atoms with Gasteiger partial charge in [0.15, 0.2) is 0 Å². The molecule has 0 heterocycles. The van der Waals surface area contributed by atoms with Crippen molar-refractivity contribution in [2.45, 2.75) is 76.8 Å². The smallest absolute Gasteiger partial charge is 0.0114 e. The Bertz CT molecular complexity index is 2390. The van der Waals surface area contributed by atoms with Crippen molar-refractivity contribution in [3.05, 3.63) is 171 Å². The summed E-state index contributed by atoms with van der Waals surface area (Å²) in [5.74, 6) is 1.80. The molecule has 0 saturated heterocycles. The van der Waals surface area contributed by atoms with Gasteiger partial charge in [-0.05, 0) is 57.3 Å². The van der Waals surface area contributed by atoms with Crippen LogP contribution in [0.25, 0.3) is 65.3 Å². The van der Waals surface area contributed by atoms with Crippen LogP contribution in [0.15, 0.2) is 146 Å². The van der Waals surface area contributed by atoms with Gasteiger partial charge in [-0.1, -0.05) is 166 Å². The molecule has 0 aromatic heterocycles. The first-order valence-corrected chi connectivity index (χ1v) is 25.0. The Balaban J connectivity index is 0.000000220. The van der Waals surface area contributed by atoms with Crippen LogP contribution in [0.1, 0.15) is 68.9 Å². The zero-order valence-electron chi connectivity index (χ0n) is 34.9. The summed E-state index contributed by atoms with van der Waals surface area (Å²) in [6.07, 6.45) is 8.81. The molecule has 0 spiro atoms. The molecule has 2 radical (unpaired) electrons. The molecule has 2 fully saturated rings. The van der Waals surface area contributed by atoms with Gasteiger partial charge < -0.3 is 14.4 Å². The summed E-state index contributed by atoms with van der Waals surface area (Å²) in [6, 6.07) is 54.0. The second kappa shape index (κ2) is 23.8. The predicted molar refractivity (Wildman–Crippen MR) is 259 cm³/mol. The second-order valence-corrected chi connectivity index (χ2v) is 16.0. The minimum Gasteiger partial charge on any atom is -0.164 e. The number of hydrogen-bond donors (Lipinski definition) is 0. The van der Waals surface area contributed by atoms with Gasteiger partial charge in [-0.3, -0.25) is 0 Å². The Hall–Kier alpha value is -3.47. The molecule has 0 unspecified atom stereocenters. The zero-order chi connectivity index (χ0) is 40.5. The Morgan fingerprint density at radius 1 is 0.508 bits per heavy atom. The minimum absolute atomic E-state index is 0. The molecular formula is C54H55Cl2F3SiZr-4. The molecule has 2 aliphatic carbocycles. The minimum atomic E-state index is -4.07. The normalized spacial score (nSPS) is 13.8. The third-order valence-electron chi connectivity index (χ3n) is 12.1. The monoisotopic (exact) mass is 948 g/mol. The second-order valence-electron chi connectivity index (χ2n) is 16.0. The van der Waals surface area contributed by atoms with Gasteiger partial charge >= 0.3 is 36.4 Å². The Labute approximate surface area is 390 Å². The van der Waals surface area contributed by atoms with Gasteiger partial charge in [0.25, 0.3) is 0 Å². The molecule has 0 aliphatic heterocycles. The van der Waals surface area contributed by atoms with Gasteiger partial charge in [0.2, 0.25) is 0 Å². The predicted octanol–water partition coefficient (Wildman–Crippen LogP) is 16.9. The molecule has 0 bridgehead atoms. The Kier molecular flexibility index (Phi) is 19.6. The molecule has 0 amide bonds. The van der Waals surface area contributed by atoms with E-state index in [1.807, 2.05) is 0 Å². The Morgan fingerprint density at radius 3 is 1.18 bits per heavy atom. The fourth-order valence-corrected chi connectivity index (χ4v) is 9.32. The molecule has 0 nitrogen and oxygen atoms in total. The summed E-state index contributed by atoms with van der Waals surface area (Å²) in [4.78, 5) is 0. The zero-order valence-corrected chi connectivity index (χ0v) is 40.0. The summed E-state index contributed by atoms with van der Waals surface area (Å²) >= 11 is 1.36. The Morgan fingerprint density at radius 2 is 0.820 bits per heavy atom. The standard InChI is InChI=1S/2C25H23.C3H4F3.CH3.2ClH.Si.Zr/c2*1-2-8-18(7-1)15-19-16-21-11-6-14-24(25(21)17-19)23-13-5-10-20-9-3-4-12-22(20)23;1-2-3(4,5)6;;;;;/h2*3-6,9-14,16-18H,1-2,7-8,15H2;1-2H2;1H3;2*1H;;/q4*-1;;;;. The maximum atomic E-state index is 10.7.